The number of aromatic nitrogens is 1. The van der Waals surface area contributed by atoms with Crippen molar-refractivity contribution in [2.45, 2.75) is 46.1 Å². The van der Waals surface area contributed by atoms with Crippen LogP contribution >= 0.6 is 0 Å². The van der Waals surface area contributed by atoms with E-state index in [-0.39, 0.29) is 0 Å². The van der Waals surface area contributed by atoms with E-state index in [2.05, 4.69) is 37.1 Å². The minimum absolute atomic E-state index is 0.625. The van der Waals surface area contributed by atoms with E-state index in [0.29, 0.717) is 12.0 Å². The molecule has 0 aliphatic carbocycles. The maximum atomic E-state index is 4.15. The molecule has 0 amide bonds. The van der Waals surface area contributed by atoms with Gasteiger partial charge in [-0.1, -0.05) is 26.8 Å². The average Bonchev–Trinajstić information content (AvgIpc) is 2.30. The van der Waals surface area contributed by atoms with Crippen LogP contribution in [0.4, 0.5) is 0 Å². The fourth-order valence-electron chi connectivity index (χ4n) is 1.87. The van der Waals surface area contributed by atoms with Crippen LogP contribution in [0.2, 0.25) is 0 Å². The van der Waals surface area contributed by atoms with Crippen LogP contribution in [-0.4, -0.2) is 17.6 Å². The topological polar surface area (TPSA) is 24.9 Å². The highest BCUT2D eigenvalue weighted by Gasteiger charge is 2.11. The van der Waals surface area contributed by atoms with Crippen molar-refractivity contribution in [3.8, 4) is 0 Å². The molecule has 0 aliphatic heterocycles. The Hall–Kier alpha value is -0.890. The van der Waals surface area contributed by atoms with Crippen molar-refractivity contribution >= 4 is 0 Å². The van der Waals surface area contributed by atoms with Crippen LogP contribution in [-0.2, 0) is 6.42 Å². The molecule has 1 aromatic heterocycles. The smallest absolute Gasteiger partial charge is 0.0299 e. The zero-order valence-electron chi connectivity index (χ0n) is 10.7. The van der Waals surface area contributed by atoms with Crippen LogP contribution in [0.3, 0.4) is 0 Å². The van der Waals surface area contributed by atoms with Gasteiger partial charge in [0.15, 0.2) is 0 Å². The first-order valence-electron chi connectivity index (χ1n) is 6.36. The normalized spacial score (nSPS) is 13.0. The van der Waals surface area contributed by atoms with E-state index in [1.54, 1.807) is 0 Å². The van der Waals surface area contributed by atoms with Gasteiger partial charge in [-0.3, -0.25) is 4.98 Å². The van der Waals surface area contributed by atoms with Crippen LogP contribution < -0.4 is 5.32 Å². The molecule has 1 heterocycles. The third kappa shape index (κ3) is 4.75. The standard InChI is InChI=1S/C14H24N2/c1-4-9-16-14(12(2)3)8-7-13-6-5-10-15-11-13/h5-6,10-12,14,16H,4,7-9H2,1-3H3. The summed E-state index contributed by atoms with van der Waals surface area (Å²) < 4.78 is 0. The lowest BCUT2D eigenvalue weighted by atomic mass is 9.97. The van der Waals surface area contributed by atoms with Gasteiger partial charge in [0.2, 0.25) is 0 Å². The number of hydrogen-bond acceptors (Lipinski definition) is 2. The van der Waals surface area contributed by atoms with Gasteiger partial charge in [-0.15, -0.1) is 0 Å². The van der Waals surface area contributed by atoms with Gasteiger partial charge in [-0.05, 0) is 43.4 Å². The highest BCUT2D eigenvalue weighted by atomic mass is 14.9. The SMILES string of the molecule is CCCNC(CCc1cccnc1)C(C)C. The Kier molecular flexibility index (Phi) is 6.09. The zero-order chi connectivity index (χ0) is 11.8. The lowest BCUT2D eigenvalue weighted by Gasteiger charge is -2.22. The van der Waals surface area contributed by atoms with Gasteiger partial charge in [0.1, 0.15) is 0 Å². The summed E-state index contributed by atoms with van der Waals surface area (Å²) in [5.74, 6) is 0.697. The van der Waals surface area contributed by atoms with Crippen molar-refractivity contribution in [3.05, 3.63) is 30.1 Å². The van der Waals surface area contributed by atoms with Gasteiger partial charge >= 0.3 is 0 Å². The summed E-state index contributed by atoms with van der Waals surface area (Å²) >= 11 is 0. The number of aryl methyl sites for hydroxylation is 1. The van der Waals surface area contributed by atoms with Gasteiger partial charge in [0.05, 0.1) is 0 Å². The Morgan fingerprint density at radius 2 is 2.19 bits per heavy atom. The van der Waals surface area contributed by atoms with Crippen molar-refractivity contribution in [1.29, 1.82) is 0 Å². The summed E-state index contributed by atoms with van der Waals surface area (Å²) in [5, 5.41) is 3.62. The molecule has 16 heavy (non-hydrogen) atoms. The highest BCUT2D eigenvalue weighted by molar-refractivity contribution is 5.08. The van der Waals surface area contributed by atoms with E-state index in [1.807, 2.05) is 18.5 Å². The molecule has 1 unspecified atom stereocenters. The van der Waals surface area contributed by atoms with Gasteiger partial charge < -0.3 is 5.32 Å². The third-order valence-electron chi connectivity index (χ3n) is 2.93. The van der Waals surface area contributed by atoms with Crippen LogP contribution in [0.25, 0.3) is 0 Å². The molecular weight excluding hydrogens is 196 g/mol. The van der Waals surface area contributed by atoms with Crippen molar-refractivity contribution in [2.24, 2.45) is 5.92 Å². The zero-order valence-corrected chi connectivity index (χ0v) is 10.7. The maximum Gasteiger partial charge on any atom is 0.0299 e. The molecule has 2 nitrogen and oxygen atoms in total. The summed E-state index contributed by atoms with van der Waals surface area (Å²) in [7, 11) is 0. The summed E-state index contributed by atoms with van der Waals surface area (Å²) in [5.41, 5.74) is 1.34. The van der Waals surface area contributed by atoms with Gasteiger partial charge in [-0.2, -0.15) is 0 Å². The first-order valence-corrected chi connectivity index (χ1v) is 6.36. The lowest BCUT2D eigenvalue weighted by molar-refractivity contribution is 0.378. The molecule has 0 saturated carbocycles. The molecule has 1 aromatic rings. The molecule has 0 aliphatic rings. The molecule has 0 bridgehead atoms. The van der Waals surface area contributed by atoms with Crippen molar-refractivity contribution in [2.75, 3.05) is 6.54 Å². The minimum atomic E-state index is 0.625. The number of rotatable bonds is 7. The summed E-state index contributed by atoms with van der Waals surface area (Å²) in [6, 6.07) is 4.80. The van der Waals surface area contributed by atoms with Gasteiger partial charge in [0, 0.05) is 18.4 Å². The largest absolute Gasteiger partial charge is 0.314 e. The quantitative estimate of drug-likeness (QED) is 0.764. The molecule has 0 saturated heterocycles. The van der Waals surface area contributed by atoms with E-state index < -0.39 is 0 Å². The number of nitrogens with zero attached hydrogens (tertiary/aromatic N) is 1. The summed E-state index contributed by atoms with van der Waals surface area (Å²) in [4.78, 5) is 4.15. The fourth-order valence-corrected chi connectivity index (χ4v) is 1.87. The second-order valence-electron chi connectivity index (χ2n) is 4.70. The Balaban J connectivity index is 2.38. The number of hydrogen-bond donors (Lipinski definition) is 1. The summed E-state index contributed by atoms with van der Waals surface area (Å²) in [6.45, 7) is 7.91. The Morgan fingerprint density at radius 3 is 2.75 bits per heavy atom. The van der Waals surface area contributed by atoms with E-state index >= 15 is 0 Å². The van der Waals surface area contributed by atoms with E-state index in [0.717, 1.165) is 13.0 Å². The number of pyridine rings is 1. The molecular formula is C14H24N2. The molecule has 0 radical (unpaired) electrons. The predicted molar refractivity (Wildman–Crippen MR) is 69.5 cm³/mol. The van der Waals surface area contributed by atoms with E-state index in [1.165, 1.54) is 18.4 Å². The first-order chi connectivity index (χ1) is 7.74. The fraction of sp³-hybridized carbons (Fsp3) is 0.643. The monoisotopic (exact) mass is 220 g/mol. The highest BCUT2D eigenvalue weighted by Crippen LogP contribution is 2.10. The minimum Gasteiger partial charge on any atom is -0.314 e. The van der Waals surface area contributed by atoms with Crippen molar-refractivity contribution in [1.82, 2.24) is 10.3 Å². The van der Waals surface area contributed by atoms with Crippen LogP contribution in [0.15, 0.2) is 24.5 Å². The molecule has 0 fully saturated rings. The molecule has 90 valence electrons. The van der Waals surface area contributed by atoms with Crippen molar-refractivity contribution < 1.29 is 0 Å². The molecule has 1 rings (SSSR count). The molecule has 0 spiro atoms. The first kappa shape index (κ1) is 13.2. The molecule has 1 N–H and O–H groups in total. The molecule has 2 heteroatoms. The molecule has 0 aromatic carbocycles. The lowest BCUT2D eigenvalue weighted by Crippen LogP contribution is -2.34. The van der Waals surface area contributed by atoms with Crippen LogP contribution in [0, 0.1) is 5.92 Å². The van der Waals surface area contributed by atoms with Crippen LogP contribution in [0.5, 0.6) is 0 Å². The van der Waals surface area contributed by atoms with Crippen LogP contribution in [0.1, 0.15) is 39.2 Å². The second-order valence-corrected chi connectivity index (χ2v) is 4.70. The molecule has 1 atom stereocenters. The maximum absolute atomic E-state index is 4.15. The van der Waals surface area contributed by atoms with Gasteiger partial charge in [0.25, 0.3) is 0 Å². The average molecular weight is 220 g/mol. The van der Waals surface area contributed by atoms with E-state index in [4.69, 9.17) is 0 Å². The predicted octanol–water partition coefficient (Wildman–Crippen LogP) is 3.04. The number of nitrogens with one attached hydrogen (secondary N) is 1. The Labute approximate surface area is 99.5 Å². The van der Waals surface area contributed by atoms with E-state index in [9.17, 15) is 0 Å². The van der Waals surface area contributed by atoms with Gasteiger partial charge in [-0.25, -0.2) is 0 Å². The van der Waals surface area contributed by atoms with Crippen molar-refractivity contribution in [3.63, 3.8) is 0 Å². The Bertz CT molecular complexity index is 269. The summed E-state index contributed by atoms with van der Waals surface area (Å²) in [6.07, 6.45) is 7.32. The Morgan fingerprint density at radius 1 is 1.38 bits per heavy atom. The third-order valence-corrected chi connectivity index (χ3v) is 2.93. The second kappa shape index (κ2) is 7.39.